The molecule has 0 saturated carbocycles. The third-order valence-corrected chi connectivity index (χ3v) is 3.51. The summed E-state index contributed by atoms with van der Waals surface area (Å²) in [6.07, 6.45) is 0. The molecular weight excluding hydrogens is 297 g/mol. The van der Waals surface area contributed by atoms with Crippen molar-refractivity contribution < 1.29 is 13.6 Å². The van der Waals surface area contributed by atoms with Crippen LogP contribution in [-0.4, -0.2) is 20.2 Å². The van der Waals surface area contributed by atoms with Gasteiger partial charge >= 0.3 is 8.60 Å². The Morgan fingerprint density at radius 3 is 1.45 bits per heavy atom. The summed E-state index contributed by atoms with van der Waals surface area (Å²) in [7, 11) is 0.156. The zero-order chi connectivity index (χ0) is 16.0. The summed E-state index contributed by atoms with van der Waals surface area (Å²) in [5, 5.41) is 3.11. The van der Waals surface area contributed by atoms with Crippen molar-refractivity contribution in [2.75, 3.05) is 20.2 Å². The second-order valence-electron chi connectivity index (χ2n) is 4.17. The fraction of sp³-hybridized carbons (Fsp3) is 0.294. The quantitative estimate of drug-likeness (QED) is 0.755. The summed E-state index contributed by atoms with van der Waals surface area (Å²) >= 11 is 0. The van der Waals surface area contributed by atoms with Gasteiger partial charge in [-0.25, -0.2) is 0 Å². The zero-order valence-corrected chi connectivity index (χ0v) is 14.3. The van der Waals surface area contributed by atoms with Gasteiger partial charge in [0, 0.05) is 7.11 Å². The van der Waals surface area contributed by atoms with Crippen LogP contribution in [-0.2, 0) is 4.52 Å². The standard InChI is InChI=1S/C13H13O3P.C4H11N/c1-14-17(15-12-8-4-2-5-9-12)16-13-10-6-3-7-11-13;1-3-5-4-2/h2-11H,1H3;5H,3-4H2,1-2H3. The SMILES string of the molecule is CCNCC.COP(Oc1ccccc1)Oc1ccccc1. The van der Waals surface area contributed by atoms with Crippen molar-refractivity contribution in [2.45, 2.75) is 13.8 Å². The van der Waals surface area contributed by atoms with Crippen LogP contribution >= 0.6 is 8.60 Å². The number of rotatable bonds is 7. The van der Waals surface area contributed by atoms with Crippen LogP contribution in [0.4, 0.5) is 0 Å². The van der Waals surface area contributed by atoms with Gasteiger partial charge in [-0.15, -0.1) is 0 Å². The number of hydrogen-bond acceptors (Lipinski definition) is 4. The molecule has 0 atom stereocenters. The van der Waals surface area contributed by atoms with E-state index in [2.05, 4.69) is 19.2 Å². The molecule has 0 heterocycles. The molecule has 0 amide bonds. The van der Waals surface area contributed by atoms with Gasteiger partial charge in [-0.1, -0.05) is 50.2 Å². The highest BCUT2D eigenvalue weighted by Gasteiger charge is 2.14. The van der Waals surface area contributed by atoms with Gasteiger partial charge in [-0.2, -0.15) is 0 Å². The molecule has 0 bridgehead atoms. The van der Waals surface area contributed by atoms with Crippen molar-refractivity contribution in [2.24, 2.45) is 0 Å². The molecule has 0 aliphatic heterocycles. The smallest absolute Gasteiger partial charge is 0.418 e. The van der Waals surface area contributed by atoms with Crippen molar-refractivity contribution in [3.63, 3.8) is 0 Å². The van der Waals surface area contributed by atoms with Crippen LogP contribution in [0.3, 0.4) is 0 Å². The molecule has 4 nitrogen and oxygen atoms in total. The van der Waals surface area contributed by atoms with Gasteiger partial charge in [0.25, 0.3) is 0 Å². The molecule has 2 rings (SSSR count). The molecule has 0 spiro atoms. The Morgan fingerprint density at radius 1 is 0.773 bits per heavy atom. The van der Waals surface area contributed by atoms with Crippen LogP contribution in [0, 0.1) is 0 Å². The Hall–Kier alpha value is -1.61. The maximum Gasteiger partial charge on any atom is 0.462 e. The van der Waals surface area contributed by atoms with Crippen molar-refractivity contribution in [3.05, 3.63) is 60.7 Å². The first-order valence-electron chi connectivity index (χ1n) is 7.31. The lowest BCUT2D eigenvalue weighted by molar-refractivity contribution is 0.323. The Kier molecular flexibility index (Phi) is 10.0. The second kappa shape index (κ2) is 12.0. The van der Waals surface area contributed by atoms with E-state index in [-0.39, 0.29) is 0 Å². The van der Waals surface area contributed by atoms with Crippen LogP contribution in [0.2, 0.25) is 0 Å². The van der Waals surface area contributed by atoms with Crippen molar-refractivity contribution in [1.82, 2.24) is 5.32 Å². The Bertz CT molecular complexity index is 438. The van der Waals surface area contributed by atoms with E-state index in [1.54, 1.807) is 7.11 Å². The monoisotopic (exact) mass is 321 g/mol. The third-order valence-electron chi connectivity index (χ3n) is 2.50. The Labute approximate surface area is 134 Å². The predicted molar refractivity (Wildman–Crippen MR) is 92.3 cm³/mol. The van der Waals surface area contributed by atoms with E-state index in [0.29, 0.717) is 0 Å². The van der Waals surface area contributed by atoms with E-state index in [1.165, 1.54) is 0 Å². The number of para-hydroxylation sites is 2. The number of hydrogen-bond donors (Lipinski definition) is 1. The molecule has 0 fully saturated rings. The summed E-state index contributed by atoms with van der Waals surface area (Å²) in [5.74, 6) is 1.47. The molecule has 2 aromatic rings. The minimum Gasteiger partial charge on any atom is -0.418 e. The molecule has 0 aliphatic carbocycles. The van der Waals surface area contributed by atoms with E-state index < -0.39 is 8.60 Å². The van der Waals surface area contributed by atoms with E-state index in [1.807, 2.05) is 60.7 Å². The Morgan fingerprint density at radius 2 is 1.18 bits per heavy atom. The largest absolute Gasteiger partial charge is 0.462 e. The van der Waals surface area contributed by atoms with E-state index in [0.717, 1.165) is 24.6 Å². The second-order valence-corrected chi connectivity index (χ2v) is 5.35. The molecule has 0 saturated heterocycles. The maximum atomic E-state index is 5.59. The Balaban J connectivity index is 0.000000422. The van der Waals surface area contributed by atoms with Gasteiger partial charge in [0.05, 0.1) is 0 Å². The first-order chi connectivity index (χ1) is 10.8. The van der Waals surface area contributed by atoms with E-state index >= 15 is 0 Å². The molecule has 1 N–H and O–H groups in total. The topological polar surface area (TPSA) is 39.7 Å². The van der Waals surface area contributed by atoms with Crippen molar-refractivity contribution >= 4 is 8.60 Å². The van der Waals surface area contributed by atoms with Gasteiger partial charge in [-0.3, -0.25) is 4.52 Å². The molecule has 120 valence electrons. The van der Waals surface area contributed by atoms with Crippen LogP contribution in [0.15, 0.2) is 60.7 Å². The van der Waals surface area contributed by atoms with Gasteiger partial charge in [0.15, 0.2) is 0 Å². The lowest BCUT2D eigenvalue weighted by Crippen LogP contribution is -2.09. The fourth-order valence-electron chi connectivity index (χ4n) is 1.48. The molecule has 0 radical (unpaired) electrons. The van der Waals surface area contributed by atoms with Crippen LogP contribution in [0.5, 0.6) is 11.5 Å². The van der Waals surface area contributed by atoms with Crippen molar-refractivity contribution in [1.29, 1.82) is 0 Å². The fourth-order valence-corrected chi connectivity index (χ4v) is 2.25. The van der Waals surface area contributed by atoms with Crippen molar-refractivity contribution in [3.8, 4) is 11.5 Å². The maximum absolute atomic E-state index is 5.59. The van der Waals surface area contributed by atoms with E-state index in [4.69, 9.17) is 13.6 Å². The highest BCUT2D eigenvalue weighted by molar-refractivity contribution is 7.42. The zero-order valence-electron chi connectivity index (χ0n) is 13.4. The minimum atomic E-state index is -1.41. The summed E-state index contributed by atoms with van der Waals surface area (Å²) in [6.45, 7) is 6.39. The molecule has 5 heteroatoms. The highest BCUT2D eigenvalue weighted by Crippen LogP contribution is 2.40. The molecular formula is C17H24NO3P. The molecule has 0 aromatic heterocycles. The minimum absolute atomic E-state index is 0.733. The first kappa shape index (κ1) is 18.4. The summed E-state index contributed by atoms with van der Waals surface area (Å²) in [5.41, 5.74) is 0. The lowest BCUT2D eigenvalue weighted by atomic mass is 10.3. The van der Waals surface area contributed by atoms with Crippen LogP contribution in [0.25, 0.3) is 0 Å². The highest BCUT2D eigenvalue weighted by atomic mass is 31.2. The van der Waals surface area contributed by atoms with Crippen LogP contribution < -0.4 is 14.4 Å². The molecule has 2 aromatic carbocycles. The molecule has 0 unspecified atom stereocenters. The van der Waals surface area contributed by atoms with E-state index in [9.17, 15) is 0 Å². The van der Waals surface area contributed by atoms with Gasteiger partial charge < -0.3 is 14.4 Å². The summed E-state index contributed by atoms with van der Waals surface area (Å²) < 4.78 is 16.4. The normalized spacial score (nSPS) is 9.82. The molecule has 22 heavy (non-hydrogen) atoms. The lowest BCUT2D eigenvalue weighted by Gasteiger charge is -2.15. The predicted octanol–water partition coefficient (Wildman–Crippen LogP) is 4.63. The number of nitrogens with one attached hydrogen (secondary N) is 1. The summed E-state index contributed by atoms with van der Waals surface area (Å²) in [4.78, 5) is 0. The number of benzene rings is 2. The van der Waals surface area contributed by atoms with Crippen LogP contribution in [0.1, 0.15) is 13.8 Å². The average Bonchev–Trinajstić information content (AvgIpc) is 2.57. The summed E-state index contributed by atoms with van der Waals surface area (Å²) in [6, 6.07) is 18.9. The van der Waals surface area contributed by atoms with Gasteiger partial charge in [-0.05, 0) is 37.4 Å². The molecule has 0 aliphatic rings. The third kappa shape index (κ3) is 7.99. The first-order valence-corrected chi connectivity index (χ1v) is 8.40. The van der Waals surface area contributed by atoms with Gasteiger partial charge in [0.1, 0.15) is 11.5 Å². The average molecular weight is 321 g/mol. The van der Waals surface area contributed by atoms with Gasteiger partial charge in [0.2, 0.25) is 0 Å².